The molecule has 0 saturated heterocycles. The minimum Gasteiger partial charge on any atom is -0.360 e. The molecule has 3 aromatic rings. The minimum absolute atomic E-state index is 0.183. The van der Waals surface area contributed by atoms with E-state index in [1.807, 2.05) is 37.4 Å². The second-order valence-electron chi connectivity index (χ2n) is 5.29. The quantitative estimate of drug-likeness (QED) is 0.721. The summed E-state index contributed by atoms with van der Waals surface area (Å²) >= 11 is 7.41. The van der Waals surface area contributed by atoms with Gasteiger partial charge in [0.2, 0.25) is 10.1 Å². The van der Waals surface area contributed by atoms with Gasteiger partial charge in [-0.05, 0) is 18.6 Å². The molecule has 0 aliphatic rings. The molecule has 5 nitrogen and oxygen atoms in total. The van der Waals surface area contributed by atoms with E-state index in [0.29, 0.717) is 5.02 Å². The summed E-state index contributed by atoms with van der Waals surface area (Å²) in [4.78, 5) is 5.43. The van der Waals surface area contributed by atoms with Gasteiger partial charge in [0.1, 0.15) is 0 Å². The fourth-order valence-corrected chi connectivity index (χ4v) is 3.46. The van der Waals surface area contributed by atoms with E-state index in [1.165, 1.54) is 11.3 Å². The molecule has 0 amide bonds. The van der Waals surface area contributed by atoms with Crippen molar-refractivity contribution in [2.45, 2.75) is 18.6 Å². The number of aromatic nitrogens is 3. The van der Waals surface area contributed by atoms with Crippen molar-refractivity contribution in [2.24, 2.45) is 0 Å². The third-order valence-electron chi connectivity index (χ3n) is 3.58. The highest BCUT2D eigenvalue weighted by Gasteiger charge is 2.10. The fourth-order valence-electron chi connectivity index (χ4n) is 2.08. The molecule has 23 heavy (non-hydrogen) atoms. The van der Waals surface area contributed by atoms with Crippen LogP contribution in [0.1, 0.15) is 13.3 Å². The summed E-state index contributed by atoms with van der Waals surface area (Å²) in [5.41, 5.74) is 1.89. The third kappa shape index (κ3) is 3.91. The van der Waals surface area contributed by atoms with Crippen molar-refractivity contribution in [3.63, 3.8) is 0 Å². The summed E-state index contributed by atoms with van der Waals surface area (Å²) in [5, 5.41) is 9.46. The largest absolute Gasteiger partial charge is 0.360 e. The van der Waals surface area contributed by atoms with Gasteiger partial charge in [0.15, 0.2) is 0 Å². The van der Waals surface area contributed by atoms with Gasteiger partial charge in [-0.3, -0.25) is 4.21 Å². The van der Waals surface area contributed by atoms with Crippen LogP contribution in [0, 0.1) is 0 Å². The predicted octanol–water partition coefficient (Wildman–Crippen LogP) is 3.68. The van der Waals surface area contributed by atoms with Crippen molar-refractivity contribution in [3.05, 3.63) is 35.5 Å². The van der Waals surface area contributed by atoms with Gasteiger partial charge in [0.25, 0.3) is 0 Å². The van der Waals surface area contributed by atoms with Crippen LogP contribution in [-0.2, 0) is 10.8 Å². The molecule has 0 saturated carbocycles. The van der Waals surface area contributed by atoms with Gasteiger partial charge in [-0.1, -0.05) is 42.0 Å². The van der Waals surface area contributed by atoms with Crippen molar-refractivity contribution in [3.8, 4) is 11.3 Å². The Hall–Kier alpha value is -1.44. The molecule has 0 fully saturated rings. The van der Waals surface area contributed by atoms with Gasteiger partial charge in [0, 0.05) is 39.4 Å². The molecule has 0 aliphatic heterocycles. The second-order valence-corrected chi connectivity index (χ2v) is 8.49. The smallest absolute Gasteiger partial charge is 0.214 e. The number of imidazole rings is 1. The maximum absolute atomic E-state index is 11.3. The topological polar surface area (TPSA) is 59.3 Å². The summed E-state index contributed by atoms with van der Waals surface area (Å²) in [6, 6.07) is 7.59. The number of halogens is 1. The molecule has 3 rings (SSSR count). The molecule has 2 aromatic heterocycles. The lowest BCUT2D eigenvalue weighted by molar-refractivity contribution is 0.672. The number of rotatable bonds is 6. The zero-order chi connectivity index (χ0) is 16.4. The number of benzene rings is 1. The Morgan fingerprint density at radius 2 is 2.13 bits per heavy atom. The maximum atomic E-state index is 11.3. The van der Waals surface area contributed by atoms with Crippen LogP contribution in [0.25, 0.3) is 16.2 Å². The van der Waals surface area contributed by atoms with Crippen molar-refractivity contribution >= 4 is 43.8 Å². The fraction of sp³-hybridized carbons (Fsp3) is 0.333. The number of hydrogen-bond donors (Lipinski definition) is 1. The van der Waals surface area contributed by atoms with Crippen molar-refractivity contribution in [1.82, 2.24) is 14.6 Å². The zero-order valence-electron chi connectivity index (χ0n) is 12.8. The van der Waals surface area contributed by atoms with Gasteiger partial charge in [0.05, 0.1) is 11.9 Å². The molecular formula is C15H17ClN4OS2. The predicted molar refractivity (Wildman–Crippen MR) is 97.9 cm³/mol. The van der Waals surface area contributed by atoms with E-state index in [9.17, 15) is 4.21 Å². The van der Waals surface area contributed by atoms with Gasteiger partial charge < -0.3 is 5.32 Å². The molecular weight excluding hydrogens is 352 g/mol. The Morgan fingerprint density at radius 1 is 1.39 bits per heavy atom. The number of nitrogens with zero attached hydrogens (tertiary/aromatic N) is 3. The molecule has 0 aliphatic carbocycles. The average Bonchev–Trinajstić information content (AvgIpc) is 3.06. The Bertz CT molecular complexity index is 796. The molecule has 1 aromatic carbocycles. The van der Waals surface area contributed by atoms with Gasteiger partial charge in [-0.25, -0.2) is 9.50 Å². The average molecular weight is 369 g/mol. The molecule has 2 unspecified atom stereocenters. The standard InChI is InChI=1S/C15H17ClN4OS2/c1-10(23(2)21)7-8-17-14-19-20-9-13(18-15(20)22-14)11-3-5-12(16)6-4-11/h3-6,9-10H,7-8H2,1-2H3,(H,17,19). The second kappa shape index (κ2) is 6.98. The maximum Gasteiger partial charge on any atom is 0.214 e. The molecule has 0 bridgehead atoms. The van der Waals surface area contributed by atoms with Gasteiger partial charge >= 0.3 is 0 Å². The van der Waals surface area contributed by atoms with E-state index in [1.54, 1.807) is 10.8 Å². The van der Waals surface area contributed by atoms with Crippen LogP contribution < -0.4 is 5.32 Å². The van der Waals surface area contributed by atoms with E-state index in [0.717, 1.165) is 34.3 Å². The van der Waals surface area contributed by atoms with Crippen LogP contribution in [0.4, 0.5) is 5.13 Å². The number of hydrogen-bond acceptors (Lipinski definition) is 5. The first kappa shape index (κ1) is 16.4. The van der Waals surface area contributed by atoms with Gasteiger partial charge in [-0.15, -0.1) is 5.10 Å². The monoisotopic (exact) mass is 368 g/mol. The first-order valence-corrected chi connectivity index (χ1v) is 10.0. The minimum atomic E-state index is -0.785. The lowest BCUT2D eigenvalue weighted by atomic mass is 10.2. The summed E-state index contributed by atoms with van der Waals surface area (Å²) in [6.45, 7) is 2.74. The van der Waals surface area contributed by atoms with Crippen molar-refractivity contribution in [2.75, 3.05) is 18.1 Å². The summed E-state index contributed by atoms with van der Waals surface area (Å²) < 4.78 is 13.1. The van der Waals surface area contributed by atoms with Crippen LogP contribution in [0.5, 0.6) is 0 Å². The van der Waals surface area contributed by atoms with Crippen molar-refractivity contribution in [1.29, 1.82) is 0 Å². The number of anilines is 1. The highest BCUT2D eigenvalue weighted by molar-refractivity contribution is 7.84. The Balaban J connectivity index is 1.68. The molecule has 0 spiro atoms. The number of fused-ring (bicyclic) bond motifs is 1. The third-order valence-corrected chi connectivity index (χ3v) is 6.08. The van der Waals surface area contributed by atoms with Crippen LogP contribution in [-0.4, -0.2) is 36.9 Å². The molecule has 2 heterocycles. The van der Waals surface area contributed by atoms with E-state index in [4.69, 9.17) is 11.6 Å². The zero-order valence-corrected chi connectivity index (χ0v) is 15.2. The lowest BCUT2D eigenvalue weighted by Crippen LogP contribution is -2.14. The summed E-state index contributed by atoms with van der Waals surface area (Å²) in [5.74, 6) is 0. The molecule has 8 heteroatoms. The van der Waals surface area contributed by atoms with Crippen LogP contribution >= 0.6 is 22.9 Å². The Morgan fingerprint density at radius 3 is 2.78 bits per heavy atom. The molecule has 122 valence electrons. The molecule has 1 N–H and O–H groups in total. The summed E-state index contributed by atoms with van der Waals surface area (Å²) in [7, 11) is -0.785. The van der Waals surface area contributed by atoms with Gasteiger partial charge in [-0.2, -0.15) is 0 Å². The van der Waals surface area contributed by atoms with Crippen LogP contribution in [0.15, 0.2) is 30.5 Å². The Labute approximate surface area is 146 Å². The summed E-state index contributed by atoms with van der Waals surface area (Å²) in [6.07, 6.45) is 4.49. The van der Waals surface area contributed by atoms with Crippen LogP contribution in [0.2, 0.25) is 5.02 Å². The number of nitrogens with one attached hydrogen (secondary N) is 1. The normalized spacial score (nSPS) is 14.0. The van der Waals surface area contributed by atoms with E-state index >= 15 is 0 Å². The van der Waals surface area contributed by atoms with E-state index < -0.39 is 10.8 Å². The van der Waals surface area contributed by atoms with E-state index in [-0.39, 0.29) is 5.25 Å². The highest BCUT2D eigenvalue weighted by Crippen LogP contribution is 2.25. The highest BCUT2D eigenvalue weighted by atomic mass is 35.5. The lowest BCUT2D eigenvalue weighted by Gasteiger charge is -2.07. The van der Waals surface area contributed by atoms with E-state index in [2.05, 4.69) is 15.4 Å². The van der Waals surface area contributed by atoms with Crippen LogP contribution in [0.3, 0.4) is 0 Å². The molecule has 0 radical (unpaired) electrons. The SMILES string of the molecule is CC(CCNc1nn2cc(-c3ccc(Cl)cc3)nc2s1)S(C)=O. The first-order valence-electron chi connectivity index (χ1n) is 7.21. The first-order chi connectivity index (χ1) is 11.0. The Kier molecular flexibility index (Phi) is 4.99. The van der Waals surface area contributed by atoms with Crippen molar-refractivity contribution < 1.29 is 4.21 Å². The molecule has 2 atom stereocenters.